The summed E-state index contributed by atoms with van der Waals surface area (Å²) in [7, 11) is 0. The van der Waals surface area contributed by atoms with Gasteiger partial charge in [-0.05, 0) is 24.7 Å². The molecular formula is C11H21ClN4S. The number of halogens is 1. The molecule has 1 aliphatic carbocycles. The zero-order valence-corrected chi connectivity index (χ0v) is 12.1. The highest BCUT2D eigenvalue weighted by atomic mass is 35.5. The minimum absolute atomic E-state index is 0. The van der Waals surface area contributed by atoms with Gasteiger partial charge in [0.05, 0.1) is 6.54 Å². The average Bonchev–Trinajstić information content (AvgIpc) is 2.99. The topological polar surface area (TPSA) is 56.7 Å². The van der Waals surface area contributed by atoms with Crippen LogP contribution in [0.5, 0.6) is 0 Å². The summed E-state index contributed by atoms with van der Waals surface area (Å²) >= 11 is 1.83. The van der Waals surface area contributed by atoms with Gasteiger partial charge in [0.2, 0.25) is 0 Å². The Kier molecular flexibility index (Phi) is 5.76. The van der Waals surface area contributed by atoms with Crippen molar-refractivity contribution in [2.45, 2.75) is 44.9 Å². The number of rotatable bonds is 6. The lowest BCUT2D eigenvalue weighted by Crippen LogP contribution is -2.13. The Balaban J connectivity index is 0.00000144. The molecule has 98 valence electrons. The lowest BCUT2D eigenvalue weighted by Gasteiger charge is -2.11. The maximum absolute atomic E-state index is 5.68. The first-order valence-corrected chi connectivity index (χ1v) is 6.94. The second-order valence-corrected chi connectivity index (χ2v) is 5.85. The Morgan fingerprint density at radius 3 is 2.65 bits per heavy atom. The first-order valence-electron chi connectivity index (χ1n) is 5.95. The molecule has 0 bridgehead atoms. The predicted molar refractivity (Wildman–Crippen MR) is 73.4 cm³/mol. The molecule has 1 aromatic rings. The van der Waals surface area contributed by atoms with Gasteiger partial charge in [0.15, 0.2) is 5.16 Å². The van der Waals surface area contributed by atoms with E-state index in [1.54, 1.807) is 0 Å². The summed E-state index contributed by atoms with van der Waals surface area (Å²) in [6.45, 7) is 5.85. The molecule has 0 unspecified atom stereocenters. The van der Waals surface area contributed by atoms with E-state index >= 15 is 0 Å². The summed E-state index contributed by atoms with van der Waals surface area (Å²) < 4.78 is 2.18. The summed E-state index contributed by atoms with van der Waals surface area (Å²) in [5, 5.41) is 9.43. The van der Waals surface area contributed by atoms with Crippen LogP contribution in [0.1, 0.15) is 32.5 Å². The minimum atomic E-state index is 0. The standard InChI is InChI=1S/C11H20N4S.ClH/c1-8(2)6-15-10(5-12)13-14-11(15)16-7-9-3-4-9;/h8-9H,3-7,12H2,1-2H3;1H. The molecule has 0 amide bonds. The van der Waals surface area contributed by atoms with Crippen LogP contribution in [-0.4, -0.2) is 20.5 Å². The van der Waals surface area contributed by atoms with Crippen LogP contribution in [-0.2, 0) is 13.1 Å². The molecule has 17 heavy (non-hydrogen) atoms. The Hall–Kier alpha value is -0.260. The number of thioether (sulfide) groups is 1. The largest absolute Gasteiger partial charge is 0.324 e. The third-order valence-electron chi connectivity index (χ3n) is 2.67. The van der Waals surface area contributed by atoms with Crippen LogP contribution >= 0.6 is 24.2 Å². The van der Waals surface area contributed by atoms with E-state index in [0.717, 1.165) is 23.4 Å². The molecule has 0 saturated heterocycles. The van der Waals surface area contributed by atoms with Crippen molar-refractivity contribution in [3.8, 4) is 0 Å². The summed E-state index contributed by atoms with van der Waals surface area (Å²) in [6.07, 6.45) is 2.77. The van der Waals surface area contributed by atoms with E-state index in [0.29, 0.717) is 12.5 Å². The molecular weight excluding hydrogens is 256 g/mol. The van der Waals surface area contributed by atoms with Crippen LogP contribution in [0.3, 0.4) is 0 Å². The van der Waals surface area contributed by atoms with Gasteiger partial charge < -0.3 is 10.3 Å². The Morgan fingerprint density at radius 2 is 2.12 bits per heavy atom. The third kappa shape index (κ3) is 4.16. The zero-order chi connectivity index (χ0) is 11.5. The van der Waals surface area contributed by atoms with Gasteiger partial charge in [-0.1, -0.05) is 25.6 Å². The van der Waals surface area contributed by atoms with Crippen molar-refractivity contribution in [2.24, 2.45) is 17.6 Å². The molecule has 0 atom stereocenters. The zero-order valence-electron chi connectivity index (χ0n) is 10.4. The van der Waals surface area contributed by atoms with Crippen molar-refractivity contribution < 1.29 is 0 Å². The molecule has 2 rings (SSSR count). The summed E-state index contributed by atoms with van der Waals surface area (Å²) in [6, 6.07) is 0. The monoisotopic (exact) mass is 276 g/mol. The van der Waals surface area contributed by atoms with Crippen LogP contribution in [0.2, 0.25) is 0 Å². The van der Waals surface area contributed by atoms with Crippen molar-refractivity contribution in [3.05, 3.63) is 5.82 Å². The summed E-state index contributed by atoms with van der Waals surface area (Å²) in [5.41, 5.74) is 5.68. The highest BCUT2D eigenvalue weighted by Gasteiger charge is 2.23. The highest BCUT2D eigenvalue weighted by molar-refractivity contribution is 7.99. The van der Waals surface area contributed by atoms with Gasteiger partial charge >= 0.3 is 0 Å². The van der Waals surface area contributed by atoms with E-state index in [1.807, 2.05) is 11.8 Å². The Labute approximate surface area is 113 Å². The Bertz CT molecular complexity index is 349. The number of nitrogens with two attached hydrogens (primary N) is 1. The van der Waals surface area contributed by atoms with Crippen LogP contribution in [0.4, 0.5) is 0 Å². The lowest BCUT2D eigenvalue weighted by molar-refractivity contribution is 0.480. The number of hydrogen-bond donors (Lipinski definition) is 1. The van der Waals surface area contributed by atoms with Crippen molar-refractivity contribution in [1.82, 2.24) is 14.8 Å². The summed E-state index contributed by atoms with van der Waals surface area (Å²) in [4.78, 5) is 0. The van der Waals surface area contributed by atoms with E-state index in [2.05, 4.69) is 28.6 Å². The molecule has 1 fully saturated rings. The van der Waals surface area contributed by atoms with Crippen LogP contribution in [0, 0.1) is 11.8 Å². The first kappa shape index (κ1) is 14.8. The molecule has 1 aliphatic rings. The van der Waals surface area contributed by atoms with E-state index in [4.69, 9.17) is 5.73 Å². The molecule has 0 spiro atoms. The summed E-state index contributed by atoms with van der Waals surface area (Å²) in [5.74, 6) is 3.60. The fourth-order valence-corrected chi connectivity index (χ4v) is 2.75. The maximum Gasteiger partial charge on any atom is 0.191 e. The number of nitrogens with zero attached hydrogens (tertiary/aromatic N) is 3. The van der Waals surface area contributed by atoms with Gasteiger partial charge in [-0.3, -0.25) is 0 Å². The smallest absolute Gasteiger partial charge is 0.191 e. The van der Waals surface area contributed by atoms with Gasteiger partial charge in [0.1, 0.15) is 5.82 Å². The molecule has 6 heteroatoms. The molecule has 0 aromatic carbocycles. The normalized spacial score (nSPS) is 15.1. The van der Waals surface area contributed by atoms with E-state index < -0.39 is 0 Å². The quantitative estimate of drug-likeness (QED) is 0.810. The fourth-order valence-electron chi connectivity index (χ4n) is 1.60. The van der Waals surface area contributed by atoms with Crippen molar-refractivity contribution >= 4 is 24.2 Å². The fraction of sp³-hybridized carbons (Fsp3) is 0.818. The minimum Gasteiger partial charge on any atom is -0.324 e. The molecule has 1 heterocycles. The van der Waals surface area contributed by atoms with Gasteiger partial charge in [0.25, 0.3) is 0 Å². The average molecular weight is 277 g/mol. The SMILES string of the molecule is CC(C)Cn1c(CN)nnc1SCC1CC1.Cl. The molecule has 1 aromatic heterocycles. The molecule has 0 aliphatic heterocycles. The Morgan fingerprint density at radius 1 is 1.41 bits per heavy atom. The second kappa shape index (κ2) is 6.61. The van der Waals surface area contributed by atoms with Crippen LogP contribution in [0.25, 0.3) is 0 Å². The first-order chi connectivity index (χ1) is 7.70. The number of hydrogen-bond acceptors (Lipinski definition) is 4. The second-order valence-electron chi connectivity index (χ2n) is 4.86. The molecule has 4 nitrogen and oxygen atoms in total. The van der Waals surface area contributed by atoms with Gasteiger partial charge in [0, 0.05) is 12.3 Å². The van der Waals surface area contributed by atoms with E-state index in [1.165, 1.54) is 18.6 Å². The van der Waals surface area contributed by atoms with Crippen molar-refractivity contribution in [1.29, 1.82) is 0 Å². The molecule has 0 radical (unpaired) electrons. The van der Waals surface area contributed by atoms with Crippen LogP contribution < -0.4 is 5.73 Å². The highest BCUT2D eigenvalue weighted by Crippen LogP contribution is 2.34. The van der Waals surface area contributed by atoms with Crippen molar-refractivity contribution in [2.75, 3.05) is 5.75 Å². The molecule has 1 saturated carbocycles. The lowest BCUT2D eigenvalue weighted by atomic mass is 10.2. The number of aromatic nitrogens is 3. The van der Waals surface area contributed by atoms with Crippen molar-refractivity contribution in [3.63, 3.8) is 0 Å². The van der Waals surface area contributed by atoms with E-state index in [9.17, 15) is 0 Å². The molecule has 2 N–H and O–H groups in total. The maximum atomic E-state index is 5.68. The van der Waals surface area contributed by atoms with Gasteiger partial charge in [-0.2, -0.15) is 0 Å². The van der Waals surface area contributed by atoms with Gasteiger partial charge in [-0.25, -0.2) is 0 Å². The van der Waals surface area contributed by atoms with Crippen LogP contribution in [0.15, 0.2) is 5.16 Å². The van der Waals surface area contributed by atoms with Gasteiger partial charge in [-0.15, -0.1) is 22.6 Å². The third-order valence-corrected chi connectivity index (χ3v) is 3.87. The predicted octanol–water partition coefficient (Wildman–Crippen LogP) is 2.32. The van der Waals surface area contributed by atoms with E-state index in [-0.39, 0.29) is 12.4 Å².